The molecule has 1 aromatic carbocycles. The summed E-state index contributed by atoms with van der Waals surface area (Å²) in [6.07, 6.45) is 0. The Balaban J connectivity index is 2.21. The molecule has 0 aliphatic carbocycles. The summed E-state index contributed by atoms with van der Waals surface area (Å²) in [7, 11) is -3.66. The first kappa shape index (κ1) is 21.6. The Bertz CT molecular complexity index is 811. The fraction of sp³-hybridized carbons (Fsp3) is 0.529. The standard InChI is InChI=1S/C17H25ClN4O4S/c1-4-22(5-2)27(25,26)13-6-7-14(18)15(10-13)20-17(24)12(3)21-9-8-19-16(23)11-21/h6-7,10,12H,4-5,8-9,11H2,1-3H3,(H,19,23)(H,20,24)/p+1/t12-/m1/s1. The number of carbonyl (C=O) groups is 2. The van der Waals surface area contributed by atoms with Crippen LogP contribution < -0.4 is 15.5 Å². The lowest BCUT2D eigenvalue weighted by atomic mass is 10.2. The third kappa shape index (κ3) is 4.98. The summed E-state index contributed by atoms with van der Waals surface area (Å²) in [6.45, 7) is 7.33. The molecule has 2 atom stereocenters. The highest BCUT2D eigenvalue weighted by atomic mass is 35.5. The summed E-state index contributed by atoms with van der Waals surface area (Å²) in [5.74, 6) is -0.416. The first-order valence-corrected chi connectivity index (χ1v) is 10.7. The van der Waals surface area contributed by atoms with Gasteiger partial charge in [0.25, 0.3) is 11.8 Å². The number of piperazine rings is 1. The van der Waals surface area contributed by atoms with Crippen LogP contribution in [0, 0.1) is 0 Å². The van der Waals surface area contributed by atoms with E-state index in [-0.39, 0.29) is 34.0 Å². The SMILES string of the molecule is CCN(CC)S(=O)(=O)c1ccc(Cl)c(NC(=O)[C@@H](C)[NH+]2CCNC(=O)C2)c1. The van der Waals surface area contributed by atoms with E-state index in [4.69, 9.17) is 11.6 Å². The van der Waals surface area contributed by atoms with Crippen molar-refractivity contribution >= 4 is 39.1 Å². The maximum absolute atomic E-state index is 12.7. The summed E-state index contributed by atoms with van der Waals surface area (Å²) in [5.41, 5.74) is 0.239. The average molecular weight is 418 g/mol. The second kappa shape index (κ2) is 9.01. The molecule has 8 nitrogen and oxygen atoms in total. The molecule has 0 bridgehead atoms. The van der Waals surface area contributed by atoms with Gasteiger partial charge in [0.1, 0.15) is 0 Å². The number of carbonyl (C=O) groups excluding carboxylic acids is 2. The zero-order valence-electron chi connectivity index (χ0n) is 15.7. The van der Waals surface area contributed by atoms with Crippen LogP contribution in [0.1, 0.15) is 20.8 Å². The Morgan fingerprint density at radius 3 is 2.63 bits per heavy atom. The molecule has 1 fully saturated rings. The van der Waals surface area contributed by atoms with Crippen molar-refractivity contribution in [1.82, 2.24) is 9.62 Å². The van der Waals surface area contributed by atoms with Crippen molar-refractivity contribution in [3.63, 3.8) is 0 Å². The number of hydrogen-bond acceptors (Lipinski definition) is 4. The fourth-order valence-electron chi connectivity index (χ4n) is 2.99. The third-order valence-electron chi connectivity index (χ3n) is 4.70. The Morgan fingerprint density at radius 2 is 2.04 bits per heavy atom. The van der Waals surface area contributed by atoms with E-state index < -0.39 is 16.1 Å². The van der Waals surface area contributed by atoms with Gasteiger partial charge in [-0.25, -0.2) is 8.42 Å². The van der Waals surface area contributed by atoms with Crippen LogP contribution in [-0.2, 0) is 19.6 Å². The van der Waals surface area contributed by atoms with E-state index >= 15 is 0 Å². The monoisotopic (exact) mass is 417 g/mol. The van der Waals surface area contributed by atoms with Crippen molar-refractivity contribution in [1.29, 1.82) is 0 Å². The van der Waals surface area contributed by atoms with E-state index in [9.17, 15) is 18.0 Å². The topological polar surface area (TPSA) is 100 Å². The van der Waals surface area contributed by atoms with Gasteiger partial charge in [-0.1, -0.05) is 25.4 Å². The van der Waals surface area contributed by atoms with Crippen LogP contribution >= 0.6 is 11.6 Å². The van der Waals surface area contributed by atoms with Crippen LogP contribution in [-0.4, -0.2) is 63.3 Å². The normalized spacial score (nSPS) is 18.9. The maximum Gasteiger partial charge on any atom is 0.282 e. The second-order valence-electron chi connectivity index (χ2n) is 6.38. The van der Waals surface area contributed by atoms with Crippen molar-refractivity contribution in [2.45, 2.75) is 31.7 Å². The lowest BCUT2D eigenvalue weighted by molar-refractivity contribution is -0.907. The van der Waals surface area contributed by atoms with E-state index in [2.05, 4.69) is 10.6 Å². The van der Waals surface area contributed by atoms with Gasteiger partial charge in [-0.05, 0) is 25.1 Å². The van der Waals surface area contributed by atoms with Crippen LogP contribution in [0.15, 0.2) is 23.1 Å². The number of anilines is 1. The van der Waals surface area contributed by atoms with E-state index in [1.54, 1.807) is 20.8 Å². The number of rotatable bonds is 7. The van der Waals surface area contributed by atoms with Crippen LogP contribution in [0.5, 0.6) is 0 Å². The van der Waals surface area contributed by atoms with Gasteiger partial charge in [-0.3, -0.25) is 9.59 Å². The van der Waals surface area contributed by atoms with Crippen molar-refractivity contribution in [2.75, 3.05) is 38.0 Å². The molecule has 1 heterocycles. The zero-order chi connectivity index (χ0) is 20.2. The van der Waals surface area contributed by atoms with Crippen LogP contribution in [0.2, 0.25) is 5.02 Å². The summed E-state index contributed by atoms with van der Waals surface area (Å²) in [4.78, 5) is 25.0. The van der Waals surface area contributed by atoms with Gasteiger partial charge in [0.05, 0.1) is 28.7 Å². The average Bonchev–Trinajstić information content (AvgIpc) is 2.63. The molecular formula is C17H26ClN4O4S+. The summed E-state index contributed by atoms with van der Waals surface area (Å²) in [6, 6.07) is 3.78. The van der Waals surface area contributed by atoms with Crippen molar-refractivity contribution in [3.05, 3.63) is 23.2 Å². The van der Waals surface area contributed by atoms with Gasteiger partial charge in [0.2, 0.25) is 10.0 Å². The van der Waals surface area contributed by atoms with Crippen LogP contribution in [0.25, 0.3) is 0 Å². The lowest BCUT2D eigenvalue weighted by Gasteiger charge is -2.28. The number of nitrogens with zero attached hydrogens (tertiary/aromatic N) is 1. The fourth-order valence-corrected chi connectivity index (χ4v) is 4.64. The van der Waals surface area contributed by atoms with Crippen molar-refractivity contribution in [2.24, 2.45) is 0 Å². The quantitative estimate of drug-likeness (QED) is 0.567. The molecule has 10 heteroatoms. The maximum atomic E-state index is 12.7. The highest BCUT2D eigenvalue weighted by Gasteiger charge is 2.30. The Kier molecular flexibility index (Phi) is 7.21. The molecule has 2 rings (SSSR count). The zero-order valence-corrected chi connectivity index (χ0v) is 17.3. The van der Waals surface area contributed by atoms with Gasteiger partial charge in [-0.15, -0.1) is 0 Å². The highest BCUT2D eigenvalue weighted by molar-refractivity contribution is 7.89. The highest BCUT2D eigenvalue weighted by Crippen LogP contribution is 2.27. The predicted octanol–water partition coefficient (Wildman–Crippen LogP) is -0.288. The first-order chi connectivity index (χ1) is 12.7. The largest absolute Gasteiger partial charge is 0.346 e. The van der Waals surface area contributed by atoms with E-state index in [1.807, 2.05) is 0 Å². The number of sulfonamides is 1. The summed E-state index contributed by atoms with van der Waals surface area (Å²) < 4.78 is 26.7. The van der Waals surface area contributed by atoms with E-state index in [0.29, 0.717) is 26.2 Å². The summed E-state index contributed by atoms with van der Waals surface area (Å²) in [5, 5.41) is 5.68. The van der Waals surface area contributed by atoms with E-state index in [1.165, 1.54) is 22.5 Å². The Morgan fingerprint density at radius 1 is 1.37 bits per heavy atom. The molecule has 0 spiro atoms. The van der Waals surface area contributed by atoms with Crippen molar-refractivity contribution < 1.29 is 22.9 Å². The number of benzene rings is 1. The van der Waals surface area contributed by atoms with Crippen LogP contribution in [0.4, 0.5) is 5.69 Å². The molecular weight excluding hydrogens is 392 g/mol. The molecule has 27 heavy (non-hydrogen) atoms. The minimum absolute atomic E-state index is 0.0725. The minimum atomic E-state index is -3.66. The molecule has 150 valence electrons. The van der Waals surface area contributed by atoms with Crippen molar-refractivity contribution in [3.8, 4) is 0 Å². The molecule has 1 aliphatic rings. The van der Waals surface area contributed by atoms with Crippen LogP contribution in [0.3, 0.4) is 0 Å². The smallest absolute Gasteiger partial charge is 0.282 e. The van der Waals surface area contributed by atoms with Gasteiger partial charge in [0.15, 0.2) is 12.6 Å². The minimum Gasteiger partial charge on any atom is -0.346 e. The predicted molar refractivity (Wildman–Crippen MR) is 103 cm³/mol. The summed E-state index contributed by atoms with van der Waals surface area (Å²) >= 11 is 6.16. The molecule has 0 saturated carbocycles. The Labute approximate surface area is 164 Å². The van der Waals surface area contributed by atoms with Gasteiger partial charge >= 0.3 is 0 Å². The number of quaternary nitrogens is 1. The number of hydrogen-bond donors (Lipinski definition) is 3. The van der Waals surface area contributed by atoms with Gasteiger partial charge < -0.3 is 15.5 Å². The molecule has 0 radical (unpaired) electrons. The molecule has 3 N–H and O–H groups in total. The molecule has 1 aliphatic heterocycles. The molecule has 1 unspecified atom stereocenters. The molecule has 1 aromatic rings. The number of amides is 2. The van der Waals surface area contributed by atoms with E-state index in [0.717, 1.165) is 4.90 Å². The molecule has 1 saturated heterocycles. The number of nitrogens with one attached hydrogen (secondary N) is 3. The molecule has 2 amide bonds. The first-order valence-electron chi connectivity index (χ1n) is 8.92. The molecule has 0 aromatic heterocycles. The Hall–Kier alpha value is -1.68. The third-order valence-corrected chi connectivity index (χ3v) is 7.08. The lowest BCUT2D eigenvalue weighted by Crippen LogP contribution is -3.19. The van der Waals surface area contributed by atoms with Gasteiger partial charge in [-0.2, -0.15) is 4.31 Å². The van der Waals surface area contributed by atoms with Gasteiger partial charge in [0, 0.05) is 13.1 Å². The number of halogens is 1. The second-order valence-corrected chi connectivity index (χ2v) is 8.72.